The highest BCUT2D eigenvalue weighted by Gasteiger charge is 2.25. The number of benzene rings is 1. The largest absolute Gasteiger partial charge is 0.514 e. The van der Waals surface area contributed by atoms with Crippen LogP contribution in [0.5, 0.6) is 11.5 Å². The number of esters is 2. The number of hydrogen-bond acceptors (Lipinski definition) is 11. The Morgan fingerprint density at radius 1 is 0.810 bits per heavy atom. The van der Waals surface area contributed by atoms with E-state index in [1.54, 1.807) is 26.8 Å². The van der Waals surface area contributed by atoms with E-state index >= 15 is 0 Å². The van der Waals surface area contributed by atoms with Crippen LogP contribution in [0.4, 0.5) is 9.59 Å². The summed E-state index contributed by atoms with van der Waals surface area (Å²) in [5.41, 5.74) is 6.62. The van der Waals surface area contributed by atoms with Crippen molar-refractivity contribution in [1.29, 1.82) is 0 Å². The van der Waals surface area contributed by atoms with E-state index in [0.29, 0.717) is 18.4 Å². The van der Waals surface area contributed by atoms with E-state index in [9.17, 15) is 19.2 Å². The fourth-order valence-electron chi connectivity index (χ4n) is 4.64. The minimum absolute atomic E-state index is 0.0311. The first-order chi connectivity index (χ1) is 20.0. The third-order valence-corrected chi connectivity index (χ3v) is 6.85. The second kappa shape index (κ2) is 18.3. The fraction of sp³-hybridized carbons (Fsp3) is 0.677. The molecule has 0 heterocycles. The lowest BCUT2D eigenvalue weighted by molar-refractivity contribution is -0.161. The Labute approximate surface area is 248 Å². The average molecular weight is 594 g/mol. The third kappa shape index (κ3) is 12.7. The molecule has 1 aromatic rings. The number of carbonyl (C=O) groups excluding carboxylic acids is 4. The van der Waals surface area contributed by atoms with Gasteiger partial charge in [-0.3, -0.25) is 9.59 Å². The Kier molecular flexibility index (Phi) is 15.1. The monoisotopic (exact) mass is 593 g/mol. The molecule has 2 rings (SSSR count). The van der Waals surface area contributed by atoms with E-state index in [1.807, 2.05) is 13.8 Å². The SMILES string of the molecule is CCCC(C)OC(=O)Oc1ccc(C[C@H](N)C(=O)O[C@@H](C)COC(=O)C2CCCCC2)cc1OC(=O)OC(C)CCC. The van der Waals surface area contributed by atoms with Crippen molar-refractivity contribution in [3.8, 4) is 11.5 Å². The Hall–Kier alpha value is -3.34. The van der Waals surface area contributed by atoms with Gasteiger partial charge in [-0.15, -0.1) is 0 Å². The molecule has 2 unspecified atom stereocenters. The van der Waals surface area contributed by atoms with Crippen LogP contribution in [-0.2, 0) is 35.0 Å². The van der Waals surface area contributed by atoms with Gasteiger partial charge < -0.3 is 34.2 Å². The molecule has 1 fully saturated rings. The molecular weight excluding hydrogens is 546 g/mol. The standard InChI is InChI=1S/C31H47NO10/c1-6-11-20(3)39-30(35)41-26-16-15-23(18-27(26)42-31(36)40-21(4)12-7-2)17-25(32)29(34)38-22(5)19-37-28(33)24-13-9-8-10-14-24/h15-16,18,20-22,24-25H,6-14,17,19,32H2,1-5H3/t20?,21?,22-,25-/m0/s1. The Morgan fingerprint density at radius 3 is 1.95 bits per heavy atom. The zero-order valence-electron chi connectivity index (χ0n) is 25.6. The van der Waals surface area contributed by atoms with Gasteiger partial charge in [-0.05, 0) is 70.6 Å². The summed E-state index contributed by atoms with van der Waals surface area (Å²) < 4.78 is 31.9. The predicted octanol–water partition coefficient (Wildman–Crippen LogP) is 6.02. The number of hydrogen-bond donors (Lipinski definition) is 1. The Bertz CT molecular complexity index is 1020. The van der Waals surface area contributed by atoms with Crippen molar-refractivity contribution in [2.45, 2.75) is 123 Å². The van der Waals surface area contributed by atoms with Crippen molar-refractivity contribution in [2.75, 3.05) is 6.61 Å². The van der Waals surface area contributed by atoms with Crippen LogP contribution in [0.15, 0.2) is 18.2 Å². The molecule has 0 saturated heterocycles. The van der Waals surface area contributed by atoms with Crippen molar-refractivity contribution in [1.82, 2.24) is 0 Å². The van der Waals surface area contributed by atoms with Gasteiger partial charge in [0, 0.05) is 0 Å². The van der Waals surface area contributed by atoms with Gasteiger partial charge in [0.1, 0.15) is 31.0 Å². The second-order valence-electron chi connectivity index (χ2n) is 10.9. The molecule has 0 bridgehead atoms. The summed E-state index contributed by atoms with van der Waals surface area (Å²) in [6, 6.07) is 3.38. The highest BCUT2D eigenvalue weighted by atomic mass is 16.7. The van der Waals surface area contributed by atoms with Crippen LogP contribution in [0.3, 0.4) is 0 Å². The van der Waals surface area contributed by atoms with Gasteiger partial charge in [0.15, 0.2) is 11.5 Å². The molecule has 236 valence electrons. The van der Waals surface area contributed by atoms with Crippen LogP contribution in [0.1, 0.15) is 98.0 Å². The van der Waals surface area contributed by atoms with Crippen LogP contribution >= 0.6 is 0 Å². The van der Waals surface area contributed by atoms with Gasteiger partial charge in [0.2, 0.25) is 0 Å². The lowest BCUT2D eigenvalue weighted by Crippen LogP contribution is -2.37. The second-order valence-corrected chi connectivity index (χ2v) is 10.9. The summed E-state index contributed by atoms with van der Waals surface area (Å²) in [5.74, 6) is -1.19. The first-order valence-corrected chi connectivity index (χ1v) is 15.0. The molecule has 0 aromatic heterocycles. The van der Waals surface area contributed by atoms with Crippen LogP contribution in [0.25, 0.3) is 0 Å². The zero-order valence-corrected chi connectivity index (χ0v) is 25.6. The van der Waals surface area contributed by atoms with Gasteiger partial charge in [0.25, 0.3) is 0 Å². The molecule has 1 aromatic carbocycles. The molecule has 0 aliphatic heterocycles. The summed E-state index contributed by atoms with van der Waals surface area (Å²) in [4.78, 5) is 49.6. The molecule has 42 heavy (non-hydrogen) atoms. The van der Waals surface area contributed by atoms with Gasteiger partial charge in [-0.2, -0.15) is 0 Å². The number of ether oxygens (including phenoxy) is 6. The molecule has 11 heteroatoms. The highest BCUT2D eigenvalue weighted by molar-refractivity contribution is 5.76. The average Bonchev–Trinajstić information content (AvgIpc) is 2.93. The van der Waals surface area contributed by atoms with Gasteiger partial charge in [-0.1, -0.05) is 52.0 Å². The Balaban J connectivity index is 2.02. The lowest BCUT2D eigenvalue weighted by Gasteiger charge is -2.22. The maximum atomic E-state index is 12.6. The van der Waals surface area contributed by atoms with E-state index in [0.717, 1.165) is 44.9 Å². The van der Waals surface area contributed by atoms with Crippen molar-refractivity contribution in [2.24, 2.45) is 11.7 Å². The van der Waals surface area contributed by atoms with E-state index in [2.05, 4.69) is 0 Å². The van der Waals surface area contributed by atoms with Crippen molar-refractivity contribution < 1.29 is 47.6 Å². The van der Waals surface area contributed by atoms with Crippen LogP contribution in [0, 0.1) is 5.92 Å². The molecular formula is C31H47NO10. The van der Waals surface area contributed by atoms with Crippen molar-refractivity contribution in [3.63, 3.8) is 0 Å². The molecule has 2 N–H and O–H groups in total. The smallest absolute Gasteiger partial charge is 0.462 e. The summed E-state index contributed by atoms with van der Waals surface area (Å²) in [5, 5.41) is 0. The van der Waals surface area contributed by atoms with E-state index in [1.165, 1.54) is 12.1 Å². The normalized spacial score (nSPS) is 16.3. The lowest BCUT2D eigenvalue weighted by atomic mass is 9.89. The maximum Gasteiger partial charge on any atom is 0.514 e. The molecule has 11 nitrogen and oxygen atoms in total. The summed E-state index contributed by atoms with van der Waals surface area (Å²) in [6.45, 7) is 9.00. The van der Waals surface area contributed by atoms with Crippen molar-refractivity contribution >= 4 is 24.2 Å². The van der Waals surface area contributed by atoms with Gasteiger partial charge >= 0.3 is 24.2 Å². The van der Waals surface area contributed by atoms with Gasteiger partial charge in [-0.25, -0.2) is 9.59 Å². The molecule has 1 aliphatic rings. The highest BCUT2D eigenvalue weighted by Crippen LogP contribution is 2.30. The molecule has 0 radical (unpaired) electrons. The maximum absolute atomic E-state index is 12.6. The summed E-state index contributed by atoms with van der Waals surface area (Å²) >= 11 is 0. The number of carbonyl (C=O) groups is 4. The topological polar surface area (TPSA) is 150 Å². The molecule has 1 saturated carbocycles. The third-order valence-electron chi connectivity index (χ3n) is 6.85. The first kappa shape index (κ1) is 34.9. The Morgan fingerprint density at radius 2 is 1.38 bits per heavy atom. The minimum atomic E-state index is -1.06. The number of nitrogens with two attached hydrogens (primary N) is 1. The van der Waals surface area contributed by atoms with E-state index in [-0.39, 0.29) is 48.6 Å². The number of rotatable bonds is 15. The molecule has 4 atom stereocenters. The van der Waals surface area contributed by atoms with Crippen LogP contribution in [0.2, 0.25) is 0 Å². The minimum Gasteiger partial charge on any atom is -0.462 e. The van der Waals surface area contributed by atoms with Gasteiger partial charge in [0.05, 0.1) is 5.92 Å². The molecule has 1 aliphatic carbocycles. The van der Waals surface area contributed by atoms with Crippen LogP contribution < -0.4 is 15.2 Å². The zero-order chi connectivity index (χ0) is 31.1. The quantitative estimate of drug-likeness (QED) is 0.144. The first-order valence-electron chi connectivity index (χ1n) is 15.0. The van der Waals surface area contributed by atoms with Crippen molar-refractivity contribution in [3.05, 3.63) is 23.8 Å². The summed E-state index contributed by atoms with van der Waals surface area (Å²) in [6.07, 6.45) is 4.47. The van der Waals surface area contributed by atoms with E-state index < -0.39 is 30.4 Å². The van der Waals surface area contributed by atoms with Crippen LogP contribution in [-0.4, -0.2) is 55.2 Å². The summed E-state index contributed by atoms with van der Waals surface area (Å²) in [7, 11) is 0. The fourth-order valence-corrected chi connectivity index (χ4v) is 4.64. The van der Waals surface area contributed by atoms with E-state index in [4.69, 9.17) is 34.2 Å². The molecule has 0 amide bonds. The molecule has 0 spiro atoms. The predicted molar refractivity (Wildman–Crippen MR) is 154 cm³/mol.